The number of benzene rings is 2. The van der Waals surface area contributed by atoms with Crippen LogP contribution in [0.4, 0.5) is 17.1 Å². The maximum atomic E-state index is 12.4. The predicted octanol–water partition coefficient (Wildman–Crippen LogP) is 3.17. The number of ether oxygens (including phenoxy) is 1. The first-order chi connectivity index (χ1) is 12.5. The van der Waals surface area contributed by atoms with Crippen molar-refractivity contribution in [2.75, 3.05) is 41.8 Å². The number of nitrogens with one attached hydrogen (secondary N) is 2. The average molecular weight is 418 g/mol. The summed E-state index contributed by atoms with van der Waals surface area (Å²) in [6.07, 6.45) is 0. The summed E-state index contributed by atoms with van der Waals surface area (Å²) in [6, 6.07) is 12.9. The first-order valence-corrected chi connectivity index (χ1v) is 9.14. The van der Waals surface area contributed by atoms with E-state index in [-0.39, 0.29) is 0 Å². The van der Waals surface area contributed by atoms with Crippen LogP contribution in [0, 0.1) is 6.92 Å². The molecule has 1 aliphatic heterocycles. The van der Waals surface area contributed by atoms with Crippen molar-refractivity contribution in [3.63, 3.8) is 0 Å². The van der Waals surface area contributed by atoms with Crippen LogP contribution in [0.25, 0.3) is 0 Å². The number of rotatable bonds is 3. The van der Waals surface area contributed by atoms with Crippen LogP contribution in [-0.4, -0.2) is 38.1 Å². The number of carbonyl (C=O) groups is 2. The van der Waals surface area contributed by atoms with E-state index >= 15 is 0 Å². The highest BCUT2D eigenvalue weighted by Gasteiger charge is 2.19. The Morgan fingerprint density at radius 3 is 2.35 bits per heavy atom. The summed E-state index contributed by atoms with van der Waals surface area (Å²) in [5.74, 6) is -1.40. The van der Waals surface area contributed by atoms with Crippen LogP contribution >= 0.6 is 15.9 Å². The molecule has 0 saturated carbocycles. The van der Waals surface area contributed by atoms with Crippen LogP contribution in [0.3, 0.4) is 0 Å². The molecule has 26 heavy (non-hydrogen) atoms. The SMILES string of the molecule is Cc1cc(Br)ccc1NC(=O)C(=O)Nc1ccccc1N1CCOCC1. The average Bonchev–Trinajstić information content (AvgIpc) is 2.65. The van der Waals surface area contributed by atoms with Crippen LogP contribution < -0.4 is 15.5 Å². The number of hydrogen-bond acceptors (Lipinski definition) is 4. The Bertz CT molecular complexity index is 819. The standard InChI is InChI=1S/C19H20BrN3O3/c1-13-12-14(20)6-7-15(13)21-18(24)19(25)22-16-4-2-3-5-17(16)23-8-10-26-11-9-23/h2-7,12H,8-11H2,1H3,(H,21,24)(H,22,25). The number of para-hydroxylation sites is 2. The fourth-order valence-electron chi connectivity index (χ4n) is 2.78. The number of amides is 2. The van der Waals surface area contributed by atoms with Gasteiger partial charge in [0.1, 0.15) is 0 Å². The number of anilines is 3. The van der Waals surface area contributed by atoms with Gasteiger partial charge in [0.15, 0.2) is 0 Å². The van der Waals surface area contributed by atoms with E-state index in [4.69, 9.17) is 4.74 Å². The minimum Gasteiger partial charge on any atom is -0.378 e. The topological polar surface area (TPSA) is 70.7 Å². The van der Waals surface area contributed by atoms with Gasteiger partial charge in [-0.3, -0.25) is 9.59 Å². The van der Waals surface area contributed by atoms with E-state index < -0.39 is 11.8 Å². The van der Waals surface area contributed by atoms with Crippen LogP contribution in [0.2, 0.25) is 0 Å². The second-order valence-corrected chi connectivity index (χ2v) is 6.90. The summed E-state index contributed by atoms with van der Waals surface area (Å²) in [5, 5.41) is 5.37. The molecule has 0 unspecified atom stereocenters. The molecule has 0 atom stereocenters. The van der Waals surface area contributed by atoms with Gasteiger partial charge >= 0.3 is 11.8 Å². The Morgan fingerprint density at radius 1 is 1.00 bits per heavy atom. The van der Waals surface area contributed by atoms with Crippen molar-refractivity contribution in [2.24, 2.45) is 0 Å². The summed E-state index contributed by atoms with van der Waals surface area (Å²) in [7, 11) is 0. The van der Waals surface area contributed by atoms with Crippen molar-refractivity contribution in [1.29, 1.82) is 0 Å². The molecule has 0 spiro atoms. The third kappa shape index (κ3) is 4.42. The molecule has 0 aromatic heterocycles. The Morgan fingerprint density at radius 2 is 1.65 bits per heavy atom. The molecule has 1 fully saturated rings. The highest BCUT2D eigenvalue weighted by atomic mass is 79.9. The van der Waals surface area contributed by atoms with Crippen molar-refractivity contribution >= 4 is 44.8 Å². The first-order valence-electron chi connectivity index (χ1n) is 8.35. The molecule has 7 heteroatoms. The predicted molar refractivity (Wildman–Crippen MR) is 106 cm³/mol. The molecule has 1 heterocycles. The van der Waals surface area contributed by atoms with Crippen LogP contribution in [0.1, 0.15) is 5.56 Å². The summed E-state index contributed by atoms with van der Waals surface area (Å²) < 4.78 is 6.28. The fraction of sp³-hybridized carbons (Fsp3) is 0.263. The quantitative estimate of drug-likeness (QED) is 0.752. The number of aryl methyl sites for hydroxylation is 1. The number of hydrogen-bond donors (Lipinski definition) is 2. The minimum atomic E-state index is -0.702. The van der Waals surface area contributed by atoms with Gasteiger partial charge in [-0.1, -0.05) is 28.1 Å². The lowest BCUT2D eigenvalue weighted by atomic mass is 10.2. The van der Waals surface area contributed by atoms with Gasteiger partial charge < -0.3 is 20.3 Å². The fourth-order valence-corrected chi connectivity index (χ4v) is 3.26. The van der Waals surface area contributed by atoms with Gasteiger partial charge in [0.05, 0.1) is 24.6 Å². The second-order valence-electron chi connectivity index (χ2n) is 5.98. The molecule has 6 nitrogen and oxygen atoms in total. The highest BCUT2D eigenvalue weighted by Crippen LogP contribution is 2.26. The van der Waals surface area contributed by atoms with E-state index in [0.717, 1.165) is 28.8 Å². The van der Waals surface area contributed by atoms with E-state index in [1.165, 1.54) is 0 Å². The molecule has 3 rings (SSSR count). The Labute approximate surface area is 160 Å². The first kappa shape index (κ1) is 18.4. The molecule has 1 saturated heterocycles. The highest BCUT2D eigenvalue weighted by molar-refractivity contribution is 9.10. The molecule has 2 N–H and O–H groups in total. The summed E-state index contributed by atoms with van der Waals surface area (Å²) in [4.78, 5) is 26.8. The van der Waals surface area contributed by atoms with Crippen molar-refractivity contribution in [3.05, 3.63) is 52.5 Å². The number of morpholine rings is 1. The molecule has 0 radical (unpaired) electrons. The maximum Gasteiger partial charge on any atom is 0.314 e. The lowest BCUT2D eigenvalue weighted by Gasteiger charge is -2.30. The van der Waals surface area contributed by atoms with Gasteiger partial charge in [-0.15, -0.1) is 0 Å². The molecule has 136 valence electrons. The summed E-state index contributed by atoms with van der Waals surface area (Å²) in [5.41, 5.74) is 2.97. The normalized spacial score (nSPS) is 14.0. The third-order valence-corrected chi connectivity index (χ3v) is 4.64. The zero-order valence-corrected chi connectivity index (χ0v) is 16.0. The molecule has 1 aliphatic rings. The summed E-state index contributed by atoms with van der Waals surface area (Å²) >= 11 is 3.38. The zero-order chi connectivity index (χ0) is 18.5. The molecule has 2 aromatic rings. The van der Waals surface area contributed by atoms with E-state index in [2.05, 4.69) is 31.5 Å². The van der Waals surface area contributed by atoms with E-state index in [1.54, 1.807) is 12.1 Å². The largest absolute Gasteiger partial charge is 0.378 e. The maximum absolute atomic E-state index is 12.4. The van der Waals surface area contributed by atoms with Gasteiger partial charge in [0, 0.05) is 23.2 Å². The molecule has 0 bridgehead atoms. The minimum absolute atomic E-state index is 0.606. The molecular weight excluding hydrogens is 398 g/mol. The van der Waals surface area contributed by atoms with Crippen molar-refractivity contribution in [1.82, 2.24) is 0 Å². The number of halogens is 1. The lowest BCUT2D eigenvalue weighted by molar-refractivity contribution is -0.132. The number of nitrogens with zero attached hydrogens (tertiary/aromatic N) is 1. The van der Waals surface area contributed by atoms with Crippen molar-refractivity contribution in [2.45, 2.75) is 6.92 Å². The van der Waals surface area contributed by atoms with Crippen LogP contribution in [0.5, 0.6) is 0 Å². The zero-order valence-electron chi connectivity index (χ0n) is 14.4. The van der Waals surface area contributed by atoms with Gasteiger partial charge in [-0.25, -0.2) is 0 Å². The summed E-state index contributed by atoms with van der Waals surface area (Å²) in [6.45, 7) is 4.65. The third-order valence-electron chi connectivity index (χ3n) is 4.15. The van der Waals surface area contributed by atoms with E-state index in [1.807, 2.05) is 37.3 Å². The Balaban J connectivity index is 1.70. The van der Waals surface area contributed by atoms with Crippen molar-refractivity contribution < 1.29 is 14.3 Å². The smallest absolute Gasteiger partial charge is 0.314 e. The van der Waals surface area contributed by atoms with Gasteiger partial charge in [0.2, 0.25) is 0 Å². The van der Waals surface area contributed by atoms with Crippen LogP contribution in [-0.2, 0) is 14.3 Å². The van der Waals surface area contributed by atoms with Gasteiger partial charge in [0.25, 0.3) is 0 Å². The van der Waals surface area contributed by atoms with Gasteiger partial charge in [-0.05, 0) is 42.8 Å². The Hall–Kier alpha value is -2.38. The molecule has 2 aromatic carbocycles. The lowest BCUT2D eigenvalue weighted by Crippen LogP contribution is -2.37. The van der Waals surface area contributed by atoms with E-state index in [0.29, 0.717) is 24.6 Å². The Kier molecular flexibility index (Phi) is 5.90. The van der Waals surface area contributed by atoms with Gasteiger partial charge in [-0.2, -0.15) is 0 Å². The molecule has 0 aliphatic carbocycles. The van der Waals surface area contributed by atoms with Crippen molar-refractivity contribution in [3.8, 4) is 0 Å². The monoisotopic (exact) mass is 417 g/mol. The van der Waals surface area contributed by atoms with E-state index in [9.17, 15) is 9.59 Å². The second kappa shape index (κ2) is 8.33. The molecule has 2 amide bonds. The van der Waals surface area contributed by atoms with Crippen LogP contribution in [0.15, 0.2) is 46.9 Å². The molecular formula is C19H20BrN3O3. The number of carbonyl (C=O) groups excluding carboxylic acids is 2.